The molecule has 0 saturated carbocycles. The molecule has 6 heteroatoms. The molecule has 1 heterocycles. The number of halogens is 1. The second kappa shape index (κ2) is 5.60. The zero-order valence-corrected chi connectivity index (χ0v) is 11.1. The molecule has 0 unspecified atom stereocenters. The molecule has 1 aromatic heterocycles. The van der Waals surface area contributed by atoms with Crippen LogP contribution < -0.4 is 4.72 Å². The minimum absolute atomic E-state index is 0.0780. The van der Waals surface area contributed by atoms with Gasteiger partial charge in [-0.15, -0.1) is 0 Å². The molecule has 0 amide bonds. The summed E-state index contributed by atoms with van der Waals surface area (Å²) in [6.45, 7) is 0.330. The van der Waals surface area contributed by atoms with E-state index in [0.717, 1.165) is 17.7 Å². The maximum Gasteiger partial charge on any atom is 0.240 e. The van der Waals surface area contributed by atoms with E-state index < -0.39 is 15.8 Å². The lowest BCUT2D eigenvalue weighted by Gasteiger charge is -2.05. The van der Waals surface area contributed by atoms with E-state index in [1.165, 1.54) is 12.1 Å². The lowest BCUT2D eigenvalue weighted by Crippen LogP contribution is -2.25. The number of nitrogens with one attached hydrogen (secondary N) is 1. The van der Waals surface area contributed by atoms with Gasteiger partial charge in [-0.05, 0) is 53.1 Å². The first-order chi connectivity index (χ1) is 8.58. The summed E-state index contributed by atoms with van der Waals surface area (Å²) in [6.07, 6.45) is 0.643. The Hall–Kier alpha value is -1.24. The highest BCUT2D eigenvalue weighted by Gasteiger charge is 2.12. The second-order valence-electron chi connectivity index (χ2n) is 3.73. The van der Waals surface area contributed by atoms with Crippen molar-refractivity contribution in [3.8, 4) is 0 Å². The number of rotatable bonds is 5. The molecule has 0 fully saturated rings. The lowest BCUT2D eigenvalue weighted by molar-refractivity contribution is 0.580. The third-order valence-electron chi connectivity index (χ3n) is 2.41. The Morgan fingerprint density at radius 1 is 1.17 bits per heavy atom. The molecular formula is C12H12FNO2S2. The number of thiophene rings is 1. The molecule has 0 radical (unpaired) electrons. The molecule has 2 aromatic rings. The highest BCUT2D eigenvalue weighted by Crippen LogP contribution is 2.10. The van der Waals surface area contributed by atoms with Crippen LogP contribution in [-0.2, 0) is 16.4 Å². The van der Waals surface area contributed by atoms with Crippen molar-refractivity contribution in [1.82, 2.24) is 4.72 Å². The number of hydrogen-bond acceptors (Lipinski definition) is 3. The van der Waals surface area contributed by atoms with Crippen LogP contribution in [0.15, 0.2) is 46.0 Å². The minimum atomic E-state index is -3.54. The topological polar surface area (TPSA) is 46.2 Å². The first kappa shape index (κ1) is 13.2. The molecule has 1 aromatic carbocycles. The second-order valence-corrected chi connectivity index (χ2v) is 6.28. The van der Waals surface area contributed by atoms with Gasteiger partial charge in [-0.25, -0.2) is 17.5 Å². The van der Waals surface area contributed by atoms with Gasteiger partial charge < -0.3 is 0 Å². The summed E-state index contributed by atoms with van der Waals surface area (Å²) < 4.78 is 38.9. The smallest absolute Gasteiger partial charge is 0.211 e. The van der Waals surface area contributed by atoms with Gasteiger partial charge in [0.2, 0.25) is 10.0 Å². The van der Waals surface area contributed by atoms with Gasteiger partial charge in [0.15, 0.2) is 0 Å². The molecule has 0 aliphatic heterocycles. The normalized spacial score (nSPS) is 11.6. The number of benzene rings is 1. The van der Waals surface area contributed by atoms with Gasteiger partial charge in [-0.1, -0.05) is 0 Å². The maximum atomic E-state index is 12.7. The molecule has 2 rings (SSSR count). The van der Waals surface area contributed by atoms with Gasteiger partial charge in [-0.2, -0.15) is 11.3 Å². The van der Waals surface area contributed by atoms with Crippen LogP contribution in [0.25, 0.3) is 0 Å². The van der Waals surface area contributed by atoms with Crippen LogP contribution >= 0.6 is 11.3 Å². The summed E-state index contributed by atoms with van der Waals surface area (Å²) >= 11 is 1.58. The predicted molar refractivity (Wildman–Crippen MR) is 69.6 cm³/mol. The van der Waals surface area contributed by atoms with E-state index in [-0.39, 0.29) is 4.90 Å². The Bertz CT molecular complexity index is 592. The van der Waals surface area contributed by atoms with Gasteiger partial charge in [0.05, 0.1) is 4.90 Å². The highest BCUT2D eigenvalue weighted by atomic mass is 32.2. The molecular weight excluding hydrogens is 273 g/mol. The van der Waals surface area contributed by atoms with Crippen molar-refractivity contribution in [1.29, 1.82) is 0 Å². The third-order valence-corrected chi connectivity index (χ3v) is 4.62. The van der Waals surface area contributed by atoms with Gasteiger partial charge in [0.25, 0.3) is 0 Å². The van der Waals surface area contributed by atoms with Crippen molar-refractivity contribution in [2.24, 2.45) is 0 Å². The van der Waals surface area contributed by atoms with Gasteiger partial charge in [0.1, 0.15) is 5.82 Å². The van der Waals surface area contributed by atoms with E-state index in [9.17, 15) is 12.8 Å². The van der Waals surface area contributed by atoms with Crippen LogP contribution in [0.5, 0.6) is 0 Å². The van der Waals surface area contributed by atoms with E-state index in [1.54, 1.807) is 11.3 Å². The average molecular weight is 285 g/mol. The fourth-order valence-electron chi connectivity index (χ4n) is 1.46. The summed E-state index contributed by atoms with van der Waals surface area (Å²) in [7, 11) is -3.54. The van der Waals surface area contributed by atoms with Crippen molar-refractivity contribution in [3.05, 3.63) is 52.5 Å². The maximum absolute atomic E-state index is 12.7. The van der Waals surface area contributed by atoms with Crippen LogP contribution in [0, 0.1) is 5.82 Å². The number of hydrogen-bond donors (Lipinski definition) is 1. The minimum Gasteiger partial charge on any atom is -0.211 e. The summed E-state index contributed by atoms with van der Waals surface area (Å²) in [5.74, 6) is -0.452. The third kappa shape index (κ3) is 3.38. The molecule has 0 spiro atoms. The molecule has 18 heavy (non-hydrogen) atoms. The molecule has 0 aliphatic rings. The zero-order chi connectivity index (χ0) is 13.0. The Morgan fingerprint density at radius 3 is 2.50 bits per heavy atom. The fourth-order valence-corrected chi connectivity index (χ4v) is 3.20. The number of sulfonamides is 1. The molecule has 96 valence electrons. The Morgan fingerprint density at radius 2 is 1.89 bits per heavy atom. The van der Waals surface area contributed by atoms with Crippen LogP contribution in [0.3, 0.4) is 0 Å². The van der Waals surface area contributed by atoms with Gasteiger partial charge >= 0.3 is 0 Å². The van der Waals surface area contributed by atoms with Crippen molar-refractivity contribution in [2.45, 2.75) is 11.3 Å². The summed E-state index contributed by atoms with van der Waals surface area (Å²) in [5.41, 5.74) is 1.10. The molecule has 0 bridgehead atoms. The lowest BCUT2D eigenvalue weighted by atomic mass is 10.2. The first-order valence-corrected chi connectivity index (χ1v) is 7.77. The van der Waals surface area contributed by atoms with E-state index in [1.807, 2.05) is 16.8 Å². The van der Waals surface area contributed by atoms with E-state index in [0.29, 0.717) is 13.0 Å². The van der Waals surface area contributed by atoms with Crippen molar-refractivity contribution < 1.29 is 12.8 Å². The Labute approximate surface area is 109 Å². The monoisotopic (exact) mass is 285 g/mol. The molecule has 0 atom stereocenters. The van der Waals surface area contributed by atoms with Gasteiger partial charge in [-0.3, -0.25) is 0 Å². The fraction of sp³-hybridized carbons (Fsp3) is 0.167. The predicted octanol–water partition coefficient (Wildman–Crippen LogP) is 2.41. The standard InChI is InChI=1S/C12H12FNO2S2/c13-11-1-3-12(4-2-11)18(15,16)14-7-5-10-6-8-17-9-10/h1-4,6,8-9,14H,5,7H2. The van der Waals surface area contributed by atoms with E-state index >= 15 is 0 Å². The van der Waals surface area contributed by atoms with E-state index in [2.05, 4.69) is 4.72 Å². The zero-order valence-electron chi connectivity index (χ0n) is 9.47. The van der Waals surface area contributed by atoms with Crippen LogP contribution in [0.1, 0.15) is 5.56 Å². The Balaban J connectivity index is 1.97. The molecule has 0 aliphatic carbocycles. The average Bonchev–Trinajstić information content (AvgIpc) is 2.82. The van der Waals surface area contributed by atoms with Crippen LogP contribution in [-0.4, -0.2) is 15.0 Å². The quantitative estimate of drug-likeness (QED) is 0.917. The molecule has 3 nitrogen and oxygen atoms in total. The Kier molecular flexibility index (Phi) is 4.11. The SMILES string of the molecule is O=S(=O)(NCCc1ccsc1)c1ccc(F)cc1. The van der Waals surface area contributed by atoms with Crippen LogP contribution in [0.2, 0.25) is 0 Å². The van der Waals surface area contributed by atoms with Crippen molar-refractivity contribution >= 4 is 21.4 Å². The summed E-state index contributed by atoms with van der Waals surface area (Å²) in [6, 6.07) is 6.72. The largest absolute Gasteiger partial charge is 0.240 e. The van der Waals surface area contributed by atoms with E-state index in [4.69, 9.17) is 0 Å². The molecule has 1 N–H and O–H groups in total. The summed E-state index contributed by atoms with van der Waals surface area (Å²) in [4.78, 5) is 0.0780. The van der Waals surface area contributed by atoms with Crippen molar-refractivity contribution in [2.75, 3.05) is 6.54 Å². The van der Waals surface area contributed by atoms with Crippen molar-refractivity contribution in [3.63, 3.8) is 0 Å². The van der Waals surface area contributed by atoms with Gasteiger partial charge in [0, 0.05) is 6.54 Å². The van der Waals surface area contributed by atoms with Crippen LogP contribution in [0.4, 0.5) is 4.39 Å². The summed E-state index contributed by atoms with van der Waals surface area (Å²) in [5, 5.41) is 3.93. The highest BCUT2D eigenvalue weighted by molar-refractivity contribution is 7.89. The first-order valence-electron chi connectivity index (χ1n) is 5.34. The molecule has 0 saturated heterocycles.